The van der Waals surface area contributed by atoms with Gasteiger partial charge in [-0.1, -0.05) is 39.5 Å². The second-order valence-electron chi connectivity index (χ2n) is 6.21. The minimum Gasteiger partial charge on any atom is -0.447 e. The lowest BCUT2D eigenvalue weighted by atomic mass is 9.67. The number of carbonyl (C=O) groups is 2. The van der Waals surface area contributed by atoms with Crippen molar-refractivity contribution in [3.05, 3.63) is 0 Å². The van der Waals surface area contributed by atoms with E-state index in [2.05, 4.69) is 23.6 Å². The Labute approximate surface area is 132 Å². The molecule has 6 nitrogen and oxygen atoms in total. The average molecular weight is 316 g/mol. The highest BCUT2D eigenvalue weighted by Crippen LogP contribution is 2.45. The third-order valence-electron chi connectivity index (χ3n) is 4.56. The molecule has 0 radical (unpaired) electrons. The molecule has 0 atom stereocenters. The molecule has 0 unspecified atom stereocenters. The summed E-state index contributed by atoms with van der Waals surface area (Å²) < 4.78 is 5.09. The van der Waals surface area contributed by atoms with Crippen LogP contribution in [0, 0.1) is 5.41 Å². The van der Waals surface area contributed by atoms with Crippen LogP contribution in [0.1, 0.15) is 78.1 Å². The van der Waals surface area contributed by atoms with Gasteiger partial charge in [0.05, 0.1) is 0 Å². The summed E-state index contributed by atoms with van der Waals surface area (Å²) in [4.78, 5) is 29.2. The third-order valence-corrected chi connectivity index (χ3v) is 4.56. The van der Waals surface area contributed by atoms with Crippen LogP contribution in [0.25, 0.3) is 0 Å². The monoisotopic (exact) mass is 316 g/mol. The predicted molar refractivity (Wildman–Crippen MR) is 80.4 cm³/mol. The van der Waals surface area contributed by atoms with Crippen LogP contribution in [0.2, 0.25) is 0 Å². The normalized spacial score (nSPS) is 17.7. The zero-order chi connectivity index (χ0) is 16.4. The van der Waals surface area contributed by atoms with E-state index in [0.717, 1.165) is 25.7 Å². The summed E-state index contributed by atoms with van der Waals surface area (Å²) in [5, 5.41) is 8.25. The van der Waals surface area contributed by atoms with Crippen molar-refractivity contribution < 1.29 is 29.2 Å². The summed E-state index contributed by atoms with van der Waals surface area (Å²) in [5.74, 6) is 0. The zero-order valence-corrected chi connectivity index (χ0v) is 13.6. The first kappa shape index (κ1) is 18.6. The molecule has 1 fully saturated rings. The Morgan fingerprint density at radius 3 is 2.05 bits per heavy atom. The fourth-order valence-electron chi connectivity index (χ4n) is 3.28. The summed E-state index contributed by atoms with van der Waals surface area (Å²) in [6.07, 6.45) is 8.10. The fourth-order valence-corrected chi connectivity index (χ4v) is 3.28. The van der Waals surface area contributed by atoms with Gasteiger partial charge in [-0.2, -0.15) is 9.68 Å². The lowest BCUT2D eigenvalue weighted by Crippen LogP contribution is -2.32. The maximum atomic E-state index is 11.3. The molecule has 1 aliphatic rings. The Hall–Kier alpha value is -1.46. The van der Waals surface area contributed by atoms with Gasteiger partial charge in [0.25, 0.3) is 0 Å². The van der Waals surface area contributed by atoms with Gasteiger partial charge in [-0.15, -0.1) is 0 Å². The Bertz CT molecular complexity index is 337. The first-order valence-electron chi connectivity index (χ1n) is 8.29. The average Bonchev–Trinajstić information content (AvgIpc) is 2.51. The number of hydrogen-bond donors (Lipinski definition) is 1. The molecule has 0 saturated heterocycles. The molecule has 0 spiro atoms. The maximum absolute atomic E-state index is 11.3. The van der Waals surface area contributed by atoms with Crippen LogP contribution in [0.15, 0.2) is 0 Å². The molecule has 0 bridgehead atoms. The molecular formula is C16H28O6. The van der Waals surface area contributed by atoms with Crippen molar-refractivity contribution in [3.8, 4) is 0 Å². The van der Waals surface area contributed by atoms with Crippen molar-refractivity contribution in [1.82, 2.24) is 0 Å². The van der Waals surface area contributed by atoms with Gasteiger partial charge in [-0.3, -0.25) is 0 Å². The molecule has 0 heterocycles. The summed E-state index contributed by atoms with van der Waals surface area (Å²) in [6.45, 7) is 4.42. The van der Waals surface area contributed by atoms with Gasteiger partial charge in [-0.25, -0.2) is 9.68 Å². The van der Waals surface area contributed by atoms with Gasteiger partial charge in [0.15, 0.2) is 0 Å². The molecule has 0 aromatic heterocycles. The van der Waals surface area contributed by atoms with Crippen LogP contribution in [0.3, 0.4) is 0 Å². The van der Waals surface area contributed by atoms with Crippen molar-refractivity contribution in [3.63, 3.8) is 0 Å². The predicted octanol–water partition coefficient (Wildman–Crippen LogP) is 5.06. The summed E-state index contributed by atoms with van der Waals surface area (Å²) in [6, 6.07) is 0. The van der Waals surface area contributed by atoms with Gasteiger partial charge in [0.2, 0.25) is 0 Å². The van der Waals surface area contributed by atoms with Crippen LogP contribution in [0.5, 0.6) is 0 Å². The minimum atomic E-state index is -1.67. The Balaban J connectivity index is 2.40. The second kappa shape index (κ2) is 9.54. The van der Waals surface area contributed by atoms with E-state index in [1.165, 1.54) is 38.5 Å². The highest BCUT2D eigenvalue weighted by Gasteiger charge is 2.35. The largest absolute Gasteiger partial charge is 0.550 e. The maximum Gasteiger partial charge on any atom is 0.550 e. The van der Waals surface area contributed by atoms with Gasteiger partial charge in [-0.05, 0) is 43.9 Å². The SMILES string of the molecule is CCCCC1(CCCC)CCC(OC(=O)OOC(=O)O)CC1. The number of hydrogen-bond acceptors (Lipinski definition) is 5. The topological polar surface area (TPSA) is 82.1 Å². The van der Waals surface area contributed by atoms with Crippen molar-refractivity contribution in [2.75, 3.05) is 0 Å². The highest BCUT2D eigenvalue weighted by molar-refractivity contribution is 5.62. The standard InChI is InChI=1S/C16H28O6/c1-3-5-9-16(10-6-4-2)11-7-13(8-12-16)20-15(19)22-21-14(17)18/h13H,3-12H2,1-2H3,(H,17,18). The van der Waals surface area contributed by atoms with Gasteiger partial charge < -0.3 is 9.84 Å². The van der Waals surface area contributed by atoms with E-state index in [9.17, 15) is 9.59 Å². The van der Waals surface area contributed by atoms with E-state index in [1.54, 1.807) is 0 Å². The van der Waals surface area contributed by atoms with E-state index in [0.29, 0.717) is 5.41 Å². The van der Waals surface area contributed by atoms with E-state index in [-0.39, 0.29) is 6.10 Å². The molecule has 1 N–H and O–H groups in total. The van der Waals surface area contributed by atoms with Crippen LogP contribution in [0.4, 0.5) is 9.59 Å². The molecule has 1 saturated carbocycles. The molecule has 6 heteroatoms. The van der Waals surface area contributed by atoms with Gasteiger partial charge in [0.1, 0.15) is 6.10 Å². The number of unbranched alkanes of at least 4 members (excludes halogenated alkanes) is 2. The summed E-state index contributed by atoms with van der Waals surface area (Å²) in [5.41, 5.74) is 0.382. The molecule has 0 aromatic carbocycles. The smallest absolute Gasteiger partial charge is 0.447 e. The molecule has 128 valence electrons. The van der Waals surface area contributed by atoms with E-state index < -0.39 is 12.3 Å². The molecule has 1 rings (SSSR count). The van der Waals surface area contributed by atoms with Crippen LogP contribution in [-0.4, -0.2) is 23.5 Å². The van der Waals surface area contributed by atoms with Crippen LogP contribution >= 0.6 is 0 Å². The highest BCUT2D eigenvalue weighted by atomic mass is 17.3. The first-order valence-corrected chi connectivity index (χ1v) is 8.29. The molecule has 1 aliphatic carbocycles. The van der Waals surface area contributed by atoms with Crippen molar-refractivity contribution >= 4 is 12.3 Å². The van der Waals surface area contributed by atoms with Crippen molar-refractivity contribution in [1.29, 1.82) is 0 Å². The number of carboxylic acid groups (broad SMARTS) is 1. The minimum absolute atomic E-state index is 0.207. The first-order chi connectivity index (χ1) is 10.5. The van der Waals surface area contributed by atoms with Gasteiger partial charge in [0, 0.05) is 0 Å². The molecule has 0 aromatic rings. The van der Waals surface area contributed by atoms with E-state index in [4.69, 9.17) is 9.84 Å². The Morgan fingerprint density at radius 1 is 1.05 bits per heavy atom. The molecular weight excluding hydrogens is 288 g/mol. The van der Waals surface area contributed by atoms with E-state index in [1.807, 2.05) is 0 Å². The summed E-state index contributed by atoms with van der Waals surface area (Å²) >= 11 is 0. The molecule has 0 aliphatic heterocycles. The van der Waals surface area contributed by atoms with Crippen molar-refractivity contribution in [2.24, 2.45) is 5.41 Å². The van der Waals surface area contributed by atoms with Gasteiger partial charge >= 0.3 is 12.3 Å². The Kier molecular flexibility index (Phi) is 8.06. The van der Waals surface area contributed by atoms with Crippen LogP contribution < -0.4 is 0 Å². The lowest BCUT2D eigenvalue weighted by molar-refractivity contribution is -0.218. The van der Waals surface area contributed by atoms with Crippen LogP contribution in [-0.2, 0) is 14.5 Å². The number of rotatable bonds is 7. The fraction of sp³-hybridized carbons (Fsp3) is 0.875. The van der Waals surface area contributed by atoms with Crippen molar-refractivity contribution in [2.45, 2.75) is 84.2 Å². The number of carbonyl (C=O) groups excluding carboxylic acids is 1. The zero-order valence-electron chi connectivity index (χ0n) is 13.6. The quantitative estimate of drug-likeness (QED) is 0.401. The second-order valence-corrected chi connectivity index (χ2v) is 6.21. The van der Waals surface area contributed by atoms with E-state index >= 15 is 0 Å². The molecule has 22 heavy (non-hydrogen) atoms. The summed E-state index contributed by atoms with van der Waals surface area (Å²) in [7, 11) is 0. The molecule has 0 amide bonds. The lowest BCUT2D eigenvalue weighted by Gasteiger charge is -2.40. The Morgan fingerprint density at radius 2 is 1.59 bits per heavy atom. The number of ether oxygens (including phenoxy) is 1. The third kappa shape index (κ3) is 6.54.